The minimum atomic E-state index is -4.31. The Balaban J connectivity index is 1.78. The van der Waals surface area contributed by atoms with Gasteiger partial charge < -0.3 is 19.7 Å². The first kappa shape index (κ1) is 29.3. The van der Waals surface area contributed by atoms with Gasteiger partial charge in [0.15, 0.2) is 0 Å². The average molecular weight is 591 g/mol. The fourth-order valence-corrected chi connectivity index (χ4v) is 5.98. The number of rotatable bonds is 10. The summed E-state index contributed by atoms with van der Waals surface area (Å²) in [5.74, 6) is -1.48. The summed E-state index contributed by atoms with van der Waals surface area (Å²) < 4.78 is 55.1. The van der Waals surface area contributed by atoms with E-state index in [9.17, 15) is 22.7 Å². The maximum absolute atomic E-state index is 14.3. The van der Waals surface area contributed by atoms with Crippen LogP contribution in [0.25, 0.3) is 12.2 Å². The van der Waals surface area contributed by atoms with Crippen LogP contribution in [0.1, 0.15) is 36.5 Å². The number of benzene rings is 2. The molecule has 0 unspecified atom stereocenters. The number of carboxylic acids is 1. The molecule has 12 heteroatoms. The number of nitrogens with zero attached hydrogens (tertiary/aromatic N) is 2. The highest BCUT2D eigenvalue weighted by Gasteiger charge is 2.37. The highest BCUT2D eigenvalue weighted by Crippen LogP contribution is 2.40. The van der Waals surface area contributed by atoms with Gasteiger partial charge in [-0.25, -0.2) is 17.8 Å². The fraction of sp³-hybridized carbons (Fsp3) is 0.286. The van der Waals surface area contributed by atoms with Crippen LogP contribution in [0.5, 0.6) is 11.6 Å². The fourth-order valence-electron chi connectivity index (χ4n) is 4.09. The molecule has 0 amide bonds. The van der Waals surface area contributed by atoms with Crippen molar-refractivity contribution in [3.63, 3.8) is 0 Å². The van der Waals surface area contributed by atoms with Crippen LogP contribution >= 0.6 is 11.6 Å². The number of aryl methyl sites for hydroxylation is 1. The molecule has 0 radical (unpaired) electrons. The number of aliphatic carboxylic acids is 1. The maximum atomic E-state index is 14.3. The van der Waals surface area contributed by atoms with Crippen molar-refractivity contribution in [1.29, 1.82) is 0 Å². The standard InChI is InChI=1S/C28H28ClFN2O7S/c1-17-12-26(28(31-14-17)38-16-18(2)33)40(36,37)32-15-20(8-11-27(34)35)39-25-10-7-19(13-24(25)32)6-9-21-22(29)4-3-5-23(21)30/h3-7,9-10,12-14,18,20,33H,8,11,15-16H2,1-2H3,(H,34,35)/b9-6+/t18-,20+/m1/s1. The third-order valence-electron chi connectivity index (χ3n) is 6.02. The lowest BCUT2D eigenvalue weighted by Crippen LogP contribution is -2.44. The molecule has 0 fully saturated rings. The average Bonchev–Trinajstić information content (AvgIpc) is 2.90. The molecule has 0 saturated carbocycles. The number of aliphatic hydroxyl groups is 1. The SMILES string of the molecule is Cc1cnc(OC[C@@H](C)O)c(S(=O)(=O)N2C[C@H](CCC(=O)O)Oc3ccc(/C=C/c4c(F)cccc4Cl)cc32)c1. The van der Waals surface area contributed by atoms with E-state index < -0.39 is 34.0 Å². The molecule has 212 valence electrons. The lowest BCUT2D eigenvalue weighted by molar-refractivity contribution is -0.137. The van der Waals surface area contributed by atoms with Crippen LogP contribution in [0, 0.1) is 12.7 Å². The molecule has 3 aromatic rings. The second-order valence-corrected chi connectivity index (χ2v) is 11.6. The van der Waals surface area contributed by atoms with Gasteiger partial charge in [0.05, 0.1) is 23.4 Å². The van der Waals surface area contributed by atoms with Gasteiger partial charge in [-0.3, -0.25) is 9.10 Å². The Morgan fingerprint density at radius 2 is 2.08 bits per heavy atom. The van der Waals surface area contributed by atoms with Crippen LogP contribution in [0.2, 0.25) is 5.02 Å². The minimum absolute atomic E-state index is 0.0751. The van der Waals surface area contributed by atoms with Crippen molar-refractivity contribution in [3.05, 3.63) is 76.2 Å². The van der Waals surface area contributed by atoms with Gasteiger partial charge in [-0.15, -0.1) is 0 Å². The molecule has 0 saturated heterocycles. The minimum Gasteiger partial charge on any atom is -0.486 e. The summed E-state index contributed by atoms with van der Waals surface area (Å²) in [5, 5.41) is 19.0. The van der Waals surface area contributed by atoms with Gasteiger partial charge in [-0.1, -0.05) is 29.8 Å². The van der Waals surface area contributed by atoms with Crippen LogP contribution in [0.3, 0.4) is 0 Å². The number of aliphatic hydroxyl groups excluding tert-OH is 1. The van der Waals surface area contributed by atoms with E-state index in [0.717, 1.165) is 4.31 Å². The van der Waals surface area contributed by atoms with Crippen LogP contribution in [0.4, 0.5) is 10.1 Å². The van der Waals surface area contributed by atoms with E-state index in [1.807, 2.05) is 0 Å². The number of sulfonamides is 1. The Morgan fingerprint density at radius 3 is 2.77 bits per heavy atom. The Kier molecular flexibility index (Phi) is 8.97. The summed E-state index contributed by atoms with van der Waals surface area (Å²) in [4.78, 5) is 15.1. The first-order valence-electron chi connectivity index (χ1n) is 12.4. The molecular formula is C28H28ClFN2O7S. The highest BCUT2D eigenvalue weighted by molar-refractivity contribution is 7.93. The van der Waals surface area contributed by atoms with Crippen LogP contribution < -0.4 is 13.8 Å². The number of carboxylic acid groups (broad SMARTS) is 1. The molecule has 1 aromatic heterocycles. The van der Waals surface area contributed by atoms with E-state index in [1.54, 1.807) is 37.3 Å². The van der Waals surface area contributed by atoms with Crippen LogP contribution in [-0.4, -0.2) is 54.9 Å². The molecule has 2 N–H and O–H groups in total. The Bertz CT molecular complexity index is 1530. The smallest absolute Gasteiger partial charge is 0.303 e. The molecule has 0 spiro atoms. The topological polar surface area (TPSA) is 126 Å². The second-order valence-electron chi connectivity index (χ2n) is 9.38. The molecule has 0 aliphatic carbocycles. The van der Waals surface area contributed by atoms with Gasteiger partial charge in [-0.05, 0) is 67.8 Å². The predicted octanol–water partition coefficient (Wildman–Crippen LogP) is 4.93. The number of aromatic nitrogens is 1. The van der Waals surface area contributed by atoms with Gasteiger partial charge in [-0.2, -0.15) is 0 Å². The second kappa shape index (κ2) is 12.2. The zero-order valence-corrected chi connectivity index (χ0v) is 23.3. The van der Waals surface area contributed by atoms with Gasteiger partial charge in [0.1, 0.15) is 29.2 Å². The van der Waals surface area contributed by atoms with Crippen molar-refractivity contribution >= 4 is 45.4 Å². The molecule has 1 aliphatic heterocycles. The van der Waals surface area contributed by atoms with Gasteiger partial charge in [0, 0.05) is 18.2 Å². The molecule has 1 aliphatic rings. The number of fused-ring (bicyclic) bond motifs is 1. The summed E-state index contributed by atoms with van der Waals surface area (Å²) in [6, 6.07) is 10.6. The summed E-state index contributed by atoms with van der Waals surface area (Å²) in [7, 11) is -4.31. The van der Waals surface area contributed by atoms with Crippen molar-refractivity contribution in [1.82, 2.24) is 4.98 Å². The molecule has 4 rings (SSSR count). The first-order chi connectivity index (χ1) is 19.0. The number of carbonyl (C=O) groups is 1. The van der Waals surface area contributed by atoms with Crippen molar-refractivity contribution in [2.75, 3.05) is 17.5 Å². The molecule has 2 atom stereocenters. The predicted molar refractivity (Wildman–Crippen MR) is 149 cm³/mol. The quantitative estimate of drug-likeness (QED) is 0.318. The molecule has 9 nitrogen and oxygen atoms in total. The molecule has 0 bridgehead atoms. The molecular weight excluding hydrogens is 563 g/mol. The van der Waals surface area contributed by atoms with E-state index >= 15 is 0 Å². The number of hydrogen-bond donors (Lipinski definition) is 2. The Hall–Kier alpha value is -3.67. The zero-order chi connectivity index (χ0) is 29.0. The van der Waals surface area contributed by atoms with E-state index in [2.05, 4.69) is 4.98 Å². The number of pyridine rings is 1. The Morgan fingerprint density at radius 1 is 1.30 bits per heavy atom. The van der Waals surface area contributed by atoms with Crippen LogP contribution in [0.15, 0.2) is 53.6 Å². The Labute approximate surface area is 236 Å². The van der Waals surface area contributed by atoms with Crippen LogP contribution in [-0.2, 0) is 14.8 Å². The van der Waals surface area contributed by atoms with Gasteiger partial charge in [0.25, 0.3) is 10.0 Å². The third kappa shape index (κ3) is 6.72. The molecule has 40 heavy (non-hydrogen) atoms. The lowest BCUT2D eigenvalue weighted by Gasteiger charge is -2.35. The highest BCUT2D eigenvalue weighted by atomic mass is 35.5. The monoisotopic (exact) mass is 590 g/mol. The normalized spacial score (nSPS) is 15.9. The summed E-state index contributed by atoms with van der Waals surface area (Å²) in [5.41, 5.74) is 1.49. The maximum Gasteiger partial charge on any atom is 0.303 e. The molecule has 2 aromatic carbocycles. The number of ether oxygens (including phenoxy) is 2. The first-order valence-corrected chi connectivity index (χ1v) is 14.2. The van der Waals surface area contributed by atoms with E-state index in [1.165, 1.54) is 37.4 Å². The van der Waals surface area contributed by atoms with Gasteiger partial charge in [0.2, 0.25) is 5.88 Å². The van der Waals surface area contributed by atoms with Crippen molar-refractivity contribution in [2.24, 2.45) is 0 Å². The van der Waals surface area contributed by atoms with Gasteiger partial charge >= 0.3 is 5.97 Å². The summed E-state index contributed by atoms with van der Waals surface area (Å²) in [6.45, 7) is 2.84. The largest absolute Gasteiger partial charge is 0.486 e. The van der Waals surface area contributed by atoms with Crippen molar-refractivity contribution in [3.8, 4) is 11.6 Å². The number of anilines is 1. The summed E-state index contributed by atoms with van der Waals surface area (Å²) in [6.07, 6.45) is 2.80. The van der Waals surface area contributed by atoms with Crippen molar-refractivity contribution in [2.45, 2.75) is 43.8 Å². The number of hydrogen-bond acceptors (Lipinski definition) is 7. The van der Waals surface area contributed by atoms with E-state index in [0.29, 0.717) is 11.1 Å². The lowest BCUT2D eigenvalue weighted by atomic mass is 10.1. The summed E-state index contributed by atoms with van der Waals surface area (Å²) >= 11 is 6.13. The third-order valence-corrected chi connectivity index (χ3v) is 8.13. The van der Waals surface area contributed by atoms with E-state index in [4.69, 9.17) is 26.2 Å². The number of halogens is 2. The van der Waals surface area contributed by atoms with Crippen molar-refractivity contribution < 1.29 is 37.3 Å². The molecule has 2 heterocycles. The van der Waals surface area contributed by atoms with E-state index in [-0.39, 0.29) is 58.8 Å². The zero-order valence-electron chi connectivity index (χ0n) is 21.8.